The fraction of sp³-hybridized carbons (Fsp3) is 0.308. The SMILES string of the molecule is CC(C)(C)c1c(O)c2c(O)c(O)c3c(O)c(C(C)(C)C)c(O)c4c(-c5cc(-c6c(O)c7c(O)c(C(C)(C)C)c(O)c8c(O)c(O)c9c(O)c(C(C)(C)C)c(O)c6c9c87)cc(-c6c(O)c7c(O)c(C(C)(C)C)c(O)c8c(O)c(O)c9c(O)c(C(C)(C)C)c(O)c6c9c87)c5)c(O)c(c1O)c2c34. The molecule has 21 N–H and O–H groups in total. The van der Waals surface area contributed by atoms with E-state index in [0.717, 1.165) is 0 Å². The van der Waals surface area contributed by atoms with Crippen molar-refractivity contribution < 1.29 is 107 Å². The maximum absolute atomic E-state index is 13.8. The molecule has 0 aliphatic heterocycles. The summed E-state index contributed by atoms with van der Waals surface area (Å²) in [5, 5.41) is 259. The van der Waals surface area contributed by atoms with Gasteiger partial charge in [-0.3, -0.25) is 0 Å². The molecule has 0 fully saturated rings. The molecule has 0 unspecified atom stereocenters. The largest absolute Gasteiger partial charge is 0.507 e. The zero-order valence-electron chi connectivity index (χ0n) is 57.6. The summed E-state index contributed by atoms with van der Waals surface area (Å²) in [6.07, 6.45) is 0. The number of phenols is 21. The van der Waals surface area contributed by atoms with Gasteiger partial charge in [0.05, 0.1) is 48.5 Å². The topological polar surface area (TPSA) is 425 Å². The molecule has 0 aliphatic carbocycles. The third-order valence-corrected chi connectivity index (χ3v) is 20.0. The lowest BCUT2D eigenvalue weighted by molar-refractivity contribution is 0.396. The quantitative estimate of drug-likeness (QED) is 0.0577. The smallest absolute Gasteiger partial charge is 0.170 e. The number of benzene rings is 13. The molecule has 0 saturated carbocycles. The van der Waals surface area contributed by atoms with E-state index in [1.165, 1.54) is 18.2 Å². The van der Waals surface area contributed by atoms with E-state index < -0.39 is 267 Å². The standard InChI is InChI=1S/C78H78O21/c1-73(2,3)46-55(82)34-25(52(79)37-31-28(34)40(61(46)88)67(94)70(97)43(31)64(91)49(58(37)85)76(10,11)12)22-19-23(26-35-29-32-38(53(26)80)59(86)50(77(13,14)15)65(92)44(32)71(98)68(95)41(29)62(89)47(56(35)83)74(4,5)6)21-24(20-22)27-36-30-33-39(54(27)81)60(87)51(78(16,17)18)66(93)45(33)72(99)69(96)42(30)63(90)48(57(36)84)75(7,8)9/h19-21,79-99H,1-18H3. The van der Waals surface area contributed by atoms with Crippen molar-refractivity contribution in [2.24, 2.45) is 0 Å². The van der Waals surface area contributed by atoms with E-state index in [-0.39, 0.29) is 50.1 Å². The Bertz CT molecular complexity index is 5310. The van der Waals surface area contributed by atoms with Crippen LogP contribution in [0.1, 0.15) is 158 Å². The van der Waals surface area contributed by atoms with E-state index in [2.05, 4.69) is 0 Å². The van der Waals surface area contributed by atoms with E-state index in [4.69, 9.17) is 0 Å². The summed E-state index contributed by atoms with van der Waals surface area (Å²) in [5.41, 5.74) is -12.3. The summed E-state index contributed by atoms with van der Waals surface area (Å²) >= 11 is 0. The predicted molar refractivity (Wildman–Crippen MR) is 381 cm³/mol. The van der Waals surface area contributed by atoms with Gasteiger partial charge >= 0.3 is 0 Å². The number of aromatic hydroxyl groups is 21. The molecular weight excluding hydrogens is 1270 g/mol. The van der Waals surface area contributed by atoms with Crippen LogP contribution in [0.3, 0.4) is 0 Å². The molecule has 99 heavy (non-hydrogen) atoms. The van der Waals surface area contributed by atoms with Gasteiger partial charge in [0.25, 0.3) is 0 Å². The van der Waals surface area contributed by atoms with Crippen molar-refractivity contribution in [3.63, 3.8) is 0 Å². The highest BCUT2D eigenvalue weighted by atomic mass is 16.3. The van der Waals surface area contributed by atoms with Crippen molar-refractivity contribution in [2.75, 3.05) is 0 Å². The van der Waals surface area contributed by atoms with Crippen LogP contribution in [0.4, 0.5) is 0 Å². The third-order valence-electron chi connectivity index (χ3n) is 20.0. The normalized spacial score (nSPS) is 13.4. The van der Waals surface area contributed by atoms with Gasteiger partial charge in [-0.1, -0.05) is 125 Å². The zero-order chi connectivity index (χ0) is 73.6. The van der Waals surface area contributed by atoms with Crippen molar-refractivity contribution in [1.29, 1.82) is 0 Å². The van der Waals surface area contributed by atoms with Crippen molar-refractivity contribution in [3.05, 3.63) is 51.6 Å². The second-order valence-corrected chi connectivity index (χ2v) is 32.7. The molecule has 13 aromatic carbocycles. The number of rotatable bonds is 3. The molecule has 13 rings (SSSR count). The Kier molecular flexibility index (Phi) is 13.1. The molecule has 0 amide bonds. The molecule has 516 valence electrons. The molecule has 21 nitrogen and oxygen atoms in total. The van der Waals surface area contributed by atoms with Crippen LogP contribution in [0.5, 0.6) is 121 Å². The van der Waals surface area contributed by atoms with Crippen LogP contribution in [0, 0.1) is 0 Å². The van der Waals surface area contributed by atoms with Gasteiger partial charge in [-0.25, -0.2) is 0 Å². The van der Waals surface area contributed by atoms with Gasteiger partial charge in [0.15, 0.2) is 34.5 Å². The first kappa shape index (κ1) is 66.4. The van der Waals surface area contributed by atoms with Crippen molar-refractivity contribution in [2.45, 2.75) is 157 Å². The van der Waals surface area contributed by atoms with E-state index in [9.17, 15) is 107 Å². The molecule has 0 atom stereocenters. The maximum Gasteiger partial charge on any atom is 0.170 e. The average molecular weight is 1350 g/mol. The summed E-state index contributed by atoms with van der Waals surface area (Å²) in [6, 6.07) is 3.75. The highest BCUT2D eigenvalue weighted by Gasteiger charge is 2.44. The first-order chi connectivity index (χ1) is 45.3. The first-order valence-corrected chi connectivity index (χ1v) is 31.9. The lowest BCUT2D eigenvalue weighted by Gasteiger charge is -2.31. The summed E-state index contributed by atoms with van der Waals surface area (Å²) in [7, 11) is 0. The molecule has 0 aromatic heterocycles. The second-order valence-electron chi connectivity index (χ2n) is 32.7. The van der Waals surface area contributed by atoms with E-state index in [0.29, 0.717) is 0 Å². The summed E-state index contributed by atoms with van der Waals surface area (Å²) in [4.78, 5) is 0. The lowest BCUT2D eigenvalue weighted by Crippen LogP contribution is -2.14. The molecule has 0 heterocycles. The Balaban J connectivity index is 1.42. The molecule has 0 saturated heterocycles. The van der Waals surface area contributed by atoms with Gasteiger partial charge in [0.2, 0.25) is 0 Å². The fourth-order valence-corrected chi connectivity index (χ4v) is 16.3. The molecule has 13 aromatic rings. The Labute approximate surface area is 564 Å². The van der Waals surface area contributed by atoms with Gasteiger partial charge in [-0.15, -0.1) is 0 Å². The van der Waals surface area contributed by atoms with Crippen LogP contribution in [0.25, 0.3) is 130 Å². The number of hydrogen-bond donors (Lipinski definition) is 21. The lowest BCUT2D eigenvalue weighted by atomic mass is 9.75. The summed E-state index contributed by atoms with van der Waals surface area (Å²) in [6.45, 7) is 28.5. The third kappa shape index (κ3) is 8.14. The highest BCUT2D eigenvalue weighted by molar-refractivity contribution is 6.39. The van der Waals surface area contributed by atoms with Gasteiger partial charge < -0.3 is 107 Å². The predicted octanol–water partition coefficient (Wildman–Crippen LogP) is 17.0. The van der Waals surface area contributed by atoms with Crippen molar-refractivity contribution in [3.8, 4) is 154 Å². The van der Waals surface area contributed by atoms with Crippen molar-refractivity contribution >= 4 is 97.0 Å². The minimum atomic E-state index is -1.33. The molecule has 21 heteroatoms. The first-order valence-electron chi connectivity index (χ1n) is 31.9. The van der Waals surface area contributed by atoms with E-state index in [1.54, 1.807) is 125 Å². The van der Waals surface area contributed by atoms with Crippen LogP contribution < -0.4 is 0 Å². The highest BCUT2D eigenvalue weighted by Crippen LogP contribution is 2.69. The average Bonchev–Trinajstić information content (AvgIpc) is 0.690. The van der Waals surface area contributed by atoms with Gasteiger partial charge in [-0.05, 0) is 67.4 Å². The Morgan fingerprint density at radius 2 is 0.253 bits per heavy atom. The monoisotopic (exact) mass is 1350 g/mol. The minimum Gasteiger partial charge on any atom is -0.507 e. The van der Waals surface area contributed by atoms with E-state index >= 15 is 0 Å². The van der Waals surface area contributed by atoms with Crippen LogP contribution in [-0.4, -0.2) is 107 Å². The summed E-state index contributed by atoms with van der Waals surface area (Å²) in [5.74, 6) is -18.6. The van der Waals surface area contributed by atoms with Crippen LogP contribution in [0.2, 0.25) is 0 Å². The minimum absolute atomic E-state index is 0.287. The Morgan fingerprint density at radius 3 is 0.384 bits per heavy atom. The fourth-order valence-electron chi connectivity index (χ4n) is 16.3. The van der Waals surface area contributed by atoms with Gasteiger partial charge in [-0.2, -0.15) is 0 Å². The number of phenolic OH excluding ortho intramolecular Hbond substituents is 21. The van der Waals surface area contributed by atoms with Crippen LogP contribution in [-0.2, 0) is 32.5 Å². The summed E-state index contributed by atoms with van der Waals surface area (Å²) < 4.78 is 0. The van der Waals surface area contributed by atoms with Crippen LogP contribution >= 0.6 is 0 Å². The zero-order valence-corrected chi connectivity index (χ0v) is 57.6. The Morgan fingerprint density at radius 1 is 0.141 bits per heavy atom. The molecule has 0 spiro atoms. The maximum atomic E-state index is 13.8. The molecule has 0 radical (unpaired) electrons. The van der Waals surface area contributed by atoms with Gasteiger partial charge in [0, 0.05) is 98.5 Å². The van der Waals surface area contributed by atoms with Crippen molar-refractivity contribution in [1.82, 2.24) is 0 Å². The van der Waals surface area contributed by atoms with Gasteiger partial charge in [0.1, 0.15) is 86.2 Å². The molecule has 0 aliphatic rings. The Hall–Kier alpha value is -11.2. The van der Waals surface area contributed by atoms with E-state index in [1.807, 2.05) is 0 Å². The molecular formula is C78H78O21. The second kappa shape index (κ2) is 19.5. The number of hydrogen-bond acceptors (Lipinski definition) is 21. The van der Waals surface area contributed by atoms with Crippen LogP contribution in [0.15, 0.2) is 18.2 Å². The molecule has 0 bridgehead atoms.